The summed E-state index contributed by atoms with van der Waals surface area (Å²) in [6.45, 7) is 3.34. The van der Waals surface area contributed by atoms with Crippen LogP contribution in [-0.4, -0.2) is 59.4 Å². The maximum absolute atomic E-state index is 14.7. The van der Waals surface area contributed by atoms with Crippen LogP contribution in [0.25, 0.3) is 21.9 Å². The summed E-state index contributed by atoms with van der Waals surface area (Å²) in [5.74, 6) is -0.473. The van der Waals surface area contributed by atoms with Crippen molar-refractivity contribution in [3.63, 3.8) is 0 Å². The average Bonchev–Trinajstić information content (AvgIpc) is 3.35. The van der Waals surface area contributed by atoms with E-state index in [1.165, 1.54) is 6.21 Å². The van der Waals surface area contributed by atoms with E-state index in [4.69, 9.17) is 4.42 Å². The zero-order valence-electron chi connectivity index (χ0n) is 18.0. The van der Waals surface area contributed by atoms with Crippen LogP contribution in [0.5, 0.6) is 5.88 Å². The lowest BCUT2D eigenvalue weighted by molar-refractivity contribution is 0.311. The number of aliphatic imine (C=N–C) groups is 1. The quantitative estimate of drug-likeness (QED) is 0.367. The van der Waals surface area contributed by atoms with Gasteiger partial charge >= 0.3 is 0 Å². The number of aromatic amines is 1. The van der Waals surface area contributed by atoms with Gasteiger partial charge in [0, 0.05) is 48.7 Å². The van der Waals surface area contributed by atoms with E-state index in [1.807, 2.05) is 4.90 Å². The summed E-state index contributed by atoms with van der Waals surface area (Å²) in [6, 6.07) is 10.3. The molecular weight excluding hydrogens is 425 g/mol. The molecule has 1 saturated heterocycles. The summed E-state index contributed by atoms with van der Waals surface area (Å²) >= 11 is 0. The van der Waals surface area contributed by atoms with Gasteiger partial charge in [0.05, 0.1) is 18.1 Å². The number of hydrogen-bond donors (Lipinski definition) is 2. The second-order valence-corrected chi connectivity index (χ2v) is 8.02. The molecule has 1 fully saturated rings. The number of rotatable bonds is 4. The van der Waals surface area contributed by atoms with E-state index in [-0.39, 0.29) is 17.1 Å². The maximum Gasteiger partial charge on any atom is 0.258 e. The number of benzene rings is 1. The van der Waals surface area contributed by atoms with Crippen molar-refractivity contribution in [1.82, 2.24) is 14.9 Å². The van der Waals surface area contributed by atoms with Gasteiger partial charge in [0.25, 0.3) is 5.56 Å². The van der Waals surface area contributed by atoms with Gasteiger partial charge in [-0.1, -0.05) is 6.07 Å². The molecule has 0 unspecified atom stereocenters. The Balaban J connectivity index is 1.50. The van der Waals surface area contributed by atoms with Crippen LogP contribution in [0.1, 0.15) is 5.56 Å². The average molecular weight is 447 g/mol. The zero-order valence-corrected chi connectivity index (χ0v) is 18.0. The van der Waals surface area contributed by atoms with Crippen LogP contribution >= 0.6 is 0 Å². The summed E-state index contributed by atoms with van der Waals surface area (Å²) in [7, 11) is 2.05. The van der Waals surface area contributed by atoms with Gasteiger partial charge < -0.3 is 19.3 Å². The fraction of sp³-hybridized carbons (Fsp3) is 0.208. The number of aromatic nitrogens is 2. The number of nitrogens with one attached hydrogen (secondary N) is 1. The summed E-state index contributed by atoms with van der Waals surface area (Å²) < 4.78 is 19.9. The lowest BCUT2D eigenvalue weighted by Crippen LogP contribution is -2.44. The molecule has 33 heavy (non-hydrogen) atoms. The Bertz CT molecular complexity index is 1390. The molecule has 1 aliphatic heterocycles. The van der Waals surface area contributed by atoms with Gasteiger partial charge in [-0.25, -0.2) is 4.98 Å². The van der Waals surface area contributed by atoms with Gasteiger partial charge in [0.1, 0.15) is 11.5 Å². The van der Waals surface area contributed by atoms with Crippen molar-refractivity contribution in [2.24, 2.45) is 4.99 Å². The van der Waals surface area contributed by atoms with Crippen LogP contribution in [0, 0.1) is 5.95 Å². The summed E-state index contributed by atoms with van der Waals surface area (Å²) in [6.07, 6.45) is 4.48. The first-order valence-corrected chi connectivity index (χ1v) is 10.6. The van der Waals surface area contributed by atoms with E-state index < -0.39 is 11.5 Å². The third-order valence-corrected chi connectivity index (χ3v) is 5.87. The van der Waals surface area contributed by atoms with Gasteiger partial charge in [-0.2, -0.15) is 4.39 Å². The number of aromatic hydroxyl groups is 1. The van der Waals surface area contributed by atoms with Gasteiger partial charge in [-0.15, -0.1) is 0 Å². The van der Waals surface area contributed by atoms with Crippen LogP contribution in [0.15, 0.2) is 63.1 Å². The number of pyridine rings is 2. The topological polar surface area (TPSA) is 98.0 Å². The first-order chi connectivity index (χ1) is 16.0. The molecule has 9 heteroatoms. The molecule has 0 aliphatic carbocycles. The molecule has 8 nitrogen and oxygen atoms in total. The van der Waals surface area contributed by atoms with Crippen molar-refractivity contribution in [2.75, 3.05) is 38.1 Å². The molecule has 2 N–H and O–H groups in total. The first kappa shape index (κ1) is 20.9. The molecule has 0 saturated carbocycles. The number of nitrogens with zero attached hydrogens (tertiary/aromatic N) is 4. The van der Waals surface area contributed by atoms with E-state index in [1.54, 1.807) is 48.9 Å². The molecule has 4 aromatic rings. The lowest BCUT2D eigenvalue weighted by atomic mass is 10.0. The lowest BCUT2D eigenvalue weighted by Gasteiger charge is -2.33. The predicted octanol–water partition coefficient (Wildman–Crippen LogP) is 3.53. The summed E-state index contributed by atoms with van der Waals surface area (Å²) in [5.41, 5.74) is 1.52. The molecule has 1 aliphatic rings. The minimum Gasteiger partial charge on any atom is -0.494 e. The number of anilines is 1. The molecule has 168 valence electrons. The third-order valence-electron chi connectivity index (χ3n) is 5.87. The highest BCUT2D eigenvalue weighted by molar-refractivity contribution is 6.03. The normalized spacial score (nSPS) is 15.0. The molecule has 0 bridgehead atoms. The summed E-state index contributed by atoms with van der Waals surface area (Å²) in [5, 5.41) is 11.3. The maximum atomic E-state index is 14.7. The van der Waals surface area contributed by atoms with Gasteiger partial charge in [0.15, 0.2) is 0 Å². The summed E-state index contributed by atoms with van der Waals surface area (Å²) in [4.78, 5) is 27.3. The largest absolute Gasteiger partial charge is 0.494 e. The molecular formula is C24H22FN5O3. The van der Waals surface area contributed by atoms with Crippen LogP contribution in [-0.2, 0) is 0 Å². The van der Waals surface area contributed by atoms with Crippen LogP contribution in [0.3, 0.4) is 0 Å². The van der Waals surface area contributed by atoms with Gasteiger partial charge in [0.2, 0.25) is 11.8 Å². The Morgan fingerprint density at radius 2 is 1.94 bits per heavy atom. The minimum atomic E-state index is -0.699. The Hall–Kier alpha value is -3.98. The smallest absolute Gasteiger partial charge is 0.258 e. The number of piperazine rings is 1. The standard InChI is InChI=1S/C24H22FN5O3/c1-29-7-9-30(10-8-29)21-5-4-20(22(25)27-21)26-13-19-18-12-15(16-6-11-33-14-16)2-3-17(18)23(31)28-24(19)32/h2-6,11-14H,7-10H2,1H3,(H2,28,31,32). The fourth-order valence-electron chi connectivity index (χ4n) is 3.93. The van der Waals surface area contributed by atoms with Crippen molar-refractivity contribution in [3.05, 3.63) is 70.8 Å². The van der Waals surface area contributed by atoms with E-state index in [9.17, 15) is 14.3 Å². The van der Waals surface area contributed by atoms with Crippen molar-refractivity contribution < 1.29 is 13.9 Å². The second-order valence-electron chi connectivity index (χ2n) is 8.02. The molecule has 4 heterocycles. The zero-order chi connectivity index (χ0) is 22.9. The highest BCUT2D eigenvalue weighted by Gasteiger charge is 2.17. The fourth-order valence-corrected chi connectivity index (χ4v) is 3.93. The van der Waals surface area contributed by atoms with Crippen molar-refractivity contribution >= 4 is 28.5 Å². The van der Waals surface area contributed by atoms with E-state index in [0.717, 1.165) is 37.3 Å². The highest BCUT2D eigenvalue weighted by Crippen LogP contribution is 2.28. The van der Waals surface area contributed by atoms with E-state index in [0.29, 0.717) is 16.6 Å². The number of likely N-dealkylation sites (N-methyl/N-ethyl adjacent to an activating group) is 1. The monoisotopic (exact) mass is 447 g/mol. The van der Waals surface area contributed by atoms with Crippen LogP contribution < -0.4 is 10.5 Å². The Morgan fingerprint density at radius 3 is 2.67 bits per heavy atom. The van der Waals surface area contributed by atoms with Crippen molar-refractivity contribution in [1.29, 1.82) is 0 Å². The Labute approximate surface area is 188 Å². The molecule has 0 spiro atoms. The van der Waals surface area contributed by atoms with Crippen molar-refractivity contribution in [2.45, 2.75) is 0 Å². The van der Waals surface area contributed by atoms with Gasteiger partial charge in [-0.3, -0.25) is 14.8 Å². The Kier molecular flexibility index (Phi) is 5.39. The van der Waals surface area contributed by atoms with E-state index >= 15 is 0 Å². The molecule has 0 radical (unpaired) electrons. The van der Waals surface area contributed by atoms with E-state index in [2.05, 4.69) is 26.9 Å². The number of hydrogen-bond acceptors (Lipinski definition) is 7. The number of fused-ring (bicyclic) bond motifs is 1. The first-order valence-electron chi connectivity index (χ1n) is 10.6. The number of halogens is 1. The SMILES string of the molecule is CN1CCN(c2ccc(N=Cc3c(O)[nH]c(=O)c4ccc(-c5ccoc5)cc34)c(F)n2)CC1. The van der Waals surface area contributed by atoms with Crippen LogP contribution in [0.4, 0.5) is 15.9 Å². The molecule has 5 rings (SSSR count). The number of furan rings is 1. The highest BCUT2D eigenvalue weighted by atomic mass is 19.1. The van der Waals surface area contributed by atoms with Gasteiger partial charge in [-0.05, 0) is 42.9 Å². The molecule has 0 amide bonds. The molecule has 3 aromatic heterocycles. The Morgan fingerprint density at radius 1 is 1.12 bits per heavy atom. The molecule has 0 atom stereocenters. The molecule has 1 aromatic carbocycles. The van der Waals surface area contributed by atoms with Crippen molar-refractivity contribution in [3.8, 4) is 17.0 Å². The minimum absolute atomic E-state index is 0.0395. The third kappa shape index (κ3) is 4.10. The predicted molar refractivity (Wildman–Crippen MR) is 125 cm³/mol. The second kappa shape index (κ2) is 8.51. The van der Waals surface area contributed by atoms with Crippen LogP contribution in [0.2, 0.25) is 0 Å². The number of H-pyrrole nitrogens is 1.